The van der Waals surface area contributed by atoms with Crippen molar-refractivity contribution in [3.8, 4) is 0 Å². The van der Waals surface area contributed by atoms with Gasteiger partial charge in [0.2, 0.25) is 17.7 Å². The first-order chi connectivity index (χ1) is 19.1. The van der Waals surface area contributed by atoms with Crippen LogP contribution in [0.3, 0.4) is 0 Å². The predicted molar refractivity (Wildman–Crippen MR) is 149 cm³/mol. The van der Waals surface area contributed by atoms with E-state index in [1.165, 1.54) is 6.33 Å². The highest BCUT2D eigenvalue weighted by molar-refractivity contribution is 5.94. The standard InChI is InChI=1S/C29H36N6O5/c1-18(2)25(29(39)40)35-28(38)24(14-20-11-7-4-8-12-20)34-27(37)23(13-19-9-5-3-6-10-19)33-26(36)22(30)15-21-16-31-17-32-21/h3-12,16-18,22-25H,13-15,30H2,1-2H3,(H,31,32)(H,33,36)(H,34,37)(H,35,38)(H,39,40). The Labute approximate surface area is 233 Å². The number of hydrogen-bond acceptors (Lipinski definition) is 6. The Morgan fingerprint density at radius 1 is 0.800 bits per heavy atom. The number of nitrogens with two attached hydrogens (primary N) is 1. The van der Waals surface area contributed by atoms with Gasteiger partial charge in [0.15, 0.2) is 0 Å². The molecule has 11 heteroatoms. The molecule has 3 rings (SSSR count). The number of aliphatic carboxylic acids is 1. The van der Waals surface area contributed by atoms with Crippen LogP contribution in [0.5, 0.6) is 0 Å². The Hall–Kier alpha value is -4.51. The maximum absolute atomic E-state index is 13.6. The van der Waals surface area contributed by atoms with Crippen LogP contribution in [0.25, 0.3) is 0 Å². The summed E-state index contributed by atoms with van der Waals surface area (Å²) in [6.45, 7) is 3.36. The van der Waals surface area contributed by atoms with Crippen LogP contribution in [0.4, 0.5) is 0 Å². The second-order valence-corrected chi connectivity index (χ2v) is 9.96. The molecular weight excluding hydrogens is 512 g/mol. The molecule has 0 aliphatic carbocycles. The van der Waals surface area contributed by atoms with Crippen LogP contribution in [-0.2, 0) is 38.4 Å². The Morgan fingerprint density at radius 2 is 1.30 bits per heavy atom. The van der Waals surface area contributed by atoms with Crippen molar-refractivity contribution in [3.63, 3.8) is 0 Å². The van der Waals surface area contributed by atoms with Crippen molar-refractivity contribution in [2.75, 3.05) is 0 Å². The molecule has 212 valence electrons. The van der Waals surface area contributed by atoms with E-state index < -0.39 is 47.9 Å². The number of carboxylic acids is 1. The summed E-state index contributed by atoms with van der Waals surface area (Å²) in [6.07, 6.45) is 3.51. The van der Waals surface area contributed by atoms with E-state index in [-0.39, 0.29) is 25.2 Å². The fourth-order valence-electron chi connectivity index (χ4n) is 4.16. The number of aromatic amines is 1. The molecule has 0 aliphatic heterocycles. The Kier molecular flexibility index (Phi) is 11.0. The first kappa shape index (κ1) is 30.0. The molecule has 0 saturated heterocycles. The summed E-state index contributed by atoms with van der Waals surface area (Å²) in [6, 6.07) is 14.0. The van der Waals surface area contributed by atoms with Crippen LogP contribution in [0.2, 0.25) is 0 Å². The maximum Gasteiger partial charge on any atom is 0.326 e. The van der Waals surface area contributed by atoms with Gasteiger partial charge in [-0.2, -0.15) is 0 Å². The molecule has 4 atom stereocenters. The van der Waals surface area contributed by atoms with Gasteiger partial charge in [-0.15, -0.1) is 0 Å². The van der Waals surface area contributed by atoms with Gasteiger partial charge in [0.05, 0.1) is 12.4 Å². The van der Waals surface area contributed by atoms with E-state index in [9.17, 15) is 24.3 Å². The predicted octanol–water partition coefficient (Wildman–Crippen LogP) is 0.960. The summed E-state index contributed by atoms with van der Waals surface area (Å²) in [5, 5.41) is 17.6. The van der Waals surface area contributed by atoms with E-state index >= 15 is 0 Å². The number of carboxylic acid groups (broad SMARTS) is 1. The van der Waals surface area contributed by atoms with Crippen LogP contribution in [-0.4, -0.2) is 62.9 Å². The largest absolute Gasteiger partial charge is 0.480 e. The third kappa shape index (κ3) is 9.05. The highest BCUT2D eigenvalue weighted by Gasteiger charge is 2.31. The summed E-state index contributed by atoms with van der Waals surface area (Å²) in [5.74, 6) is -3.33. The first-order valence-electron chi connectivity index (χ1n) is 13.1. The number of H-pyrrole nitrogens is 1. The summed E-state index contributed by atoms with van der Waals surface area (Å²) in [7, 11) is 0. The fourth-order valence-corrected chi connectivity index (χ4v) is 4.16. The molecule has 0 fully saturated rings. The molecule has 40 heavy (non-hydrogen) atoms. The van der Waals surface area contributed by atoms with Gasteiger partial charge in [-0.05, 0) is 17.0 Å². The normalized spacial score (nSPS) is 14.0. The van der Waals surface area contributed by atoms with Crippen LogP contribution in [0.15, 0.2) is 73.2 Å². The minimum Gasteiger partial charge on any atom is -0.480 e. The zero-order valence-corrected chi connectivity index (χ0v) is 22.5. The van der Waals surface area contributed by atoms with Crippen LogP contribution in [0, 0.1) is 5.92 Å². The number of nitrogens with zero attached hydrogens (tertiary/aromatic N) is 1. The lowest BCUT2D eigenvalue weighted by Gasteiger charge is -2.26. The average molecular weight is 549 g/mol. The fraction of sp³-hybridized carbons (Fsp3) is 0.345. The number of aromatic nitrogens is 2. The topological polar surface area (TPSA) is 179 Å². The number of imidazole rings is 1. The van der Waals surface area contributed by atoms with Gasteiger partial charge in [0.1, 0.15) is 18.1 Å². The number of rotatable bonds is 14. The molecular formula is C29H36N6O5. The van der Waals surface area contributed by atoms with Crippen molar-refractivity contribution in [1.29, 1.82) is 0 Å². The first-order valence-corrected chi connectivity index (χ1v) is 13.1. The van der Waals surface area contributed by atoms with Crippen molar-refractivity contribution >= 4 is 23.7 Å². The lowest BCUT2D eigenvalue weighted by molar-refractivity contribution is -0.143. The van der Waals surface area contributed by atoms with E-state index in [0.29, 0.717) is 5.69 Å². The third-order valence-electron chi connectivity index (χ3n) is 6.39. The highest BCUT2D eigenvalue weighted by Crippen LogP contribution is 2.09. The zero-order chi connectivity index (χ0) is 29.1. The van der Waals surface area contributed by atoms with E-state index in [1.807, 2.05) is 36.4 Å². The molecule has 11 nitrogen and oxygen atoms in total. The van der Waals surface area contributed by atoms with Crippen LogP contribution >= 0.6 is 0 Å². The molecule has 0 bridgehead atoms. The minimum atomic E-state index is -1.17. The van der Waals surface area contributed by atoms with Gasteiger partial charge in [0.25, 0.3) is 0 Å². The number of carbonyl (C=O) groups is 4. The van der Waals surface area contributed by atoms with Gasteiger partial charge >= 0.3 is 5.97 Å². The second-order valence-electron chi connectivity index (χ2n) is 9.96. The molecule has 0 saturated carbocycles. The molecule has 7 N–H and O–H groups in total. The average Bonchev–Trinajstić information content (AvgIpc) is 3.44. The summed E-state index contributed by atoms with van der Waals surface area (Å²) < 4.78 is 0. The SMILES string of the molecule is CC(C)C(NC(=O)C(Cc1ccccc1)NC(=O)C(Cc1ccccc1)NC(=O)C(N)Cc1cnc[nH]1)C(=O)O. The van der Waals surface area contributed by atoms with Crippen molar-refractivity contribution in [1.82, 2.24) is 25.9 Å². The second kappa shape index (κ2) is 14.6. The number of hydrogen-bond donors (Lipinski definition) is 6. The van der Waals surface area contributed by atoms with E-state index in [4.69, 9.17) is 5.73 Å². The third-order valence-corrected chi connectivity index (χ3v) is 6.39. The quantitative estimate of drug-likeness (QED) is 0.174. The van der Waals surface area contributed by atoms with Crippen molar-refractivity contribution in [2.45, 2.75) is 57.3 Å². The smallest absolute Gasteiger partial charge is 0.326 e. The summed E-state index contributed by atoms with van der Waals surface area (Å²) in [5.41, 5.74) is 8.33. The lowest BCUT2D eigenvalue weighted by Crippen LogP contribution is -2.58. The molecule has 1 heterocycles. The summed E-state index contributed by atoms with van der Waals surface area (Å²) in [4.78, 5) is 58.4. The number of carbonyl (C=O) groups excluding carboxylic acids is 3. The van der Waals surface area contributed by atoms with Crippen molar-refractivity contribution in [2.24, 2.45) is 11.7 Å². The summed E-state index contributed by atoms with van der Waals surface area (Å²) >= 11 is 0. The van der Waals surface area contributed by atoms with Crippen LogP contribution < -0.4 is 21.7 Å². The van der Waals surface area contributed by atoms with Gasteiger partial charge in [-0.1, -0.05) is 74.5 Å². The molecule has 3 aromatic rings. The monoisotopic (exact) mass is 548 g/mol. The zero-order valence-electron chi connectivity index (χ0n) is 22.5. The molecule has 0 radical (unpaired) electrons. The van der Waals surface area contributed by atoms with Crippen molar-refractivity contribution in [3.05, 3.63) is 90.0 Å². The van der Waals surface area contributed by atoms with Gasteiger partial charge in [-0.25, -0.2) is 9.78 Å². The van der Waals surface area contributed by atoms with E-state index in [0.717, 1.165) is 11.1 Å². The van der Waals surface area contributed by atoms with Gasteiger partial charge < -0.3 is 31.8 Å². The number of nitrogens with one attached hydrogen (secondary N) is 4. The maximum atomic E-state index is 13.6. The number of benzene rings is 2. The van der Waals surface area contributed by atoms with Gasteiger partial charge in [0, 0.05) is 31.2 Å². The Balaban J connectivity index is 1.81. The van der Waals surface area contributed by atoms with Gasteiger partial charge in [-0.3, -0.25) is 14.4 Å². The molecule has 2 aromatic carbocycles. The lowest BCUT2D eigenvalue weighted by atomic mass is 10.0. The minimum absolute atomic E-state index is 0.119. The van der Waals surface area contributed by atoms with E-state index in [2.05, 4.69) is 25.9 Å². The Morgan fingerprint density at radius 3 is 1.75 bits per heavy atom. The van der Waals surface area contributed by atoms with Crippen molar-refractivity contribution < 1.29 is 24.3 Å². The molecule has 0 spiro atoms. The molecule has 1 aromatic heterocycles. The Bertz CT molecular complexity index is 1250. The number of amides is 3. The molecule has 3 amide bonds. The van der Waals surface area contributed by atoms with E-state index in [1.54, 1.807) is 44.3 Å². The molecule has 0 aliphatic rings. The molecule has 4 unspecified atom stereocenters. The van der Waals surface area contributed by atoms with Crippen LogP contribution in [0.1, 0.15) is 30.7 Å². The highest BCUT2D eigenvalue weighted by atomic mass is 16.4.